The molecule has 2 saturated heterocycles. The number of rotatable bonds is 3. The standard InChI is InChI=1S/C15H25N5/c16-13-14-2-1-3-15(12-14)18-8-10-20(11-9-18)19-6-4-17-5-7-19/h1-3,12,17H,4-11,13,16H2. The SMILES string of the molecule is NCc1cccc(N2CCN(N3CCNCC3)CC2)c1. The van der Waals surface area contributed by atoms with Crippen LogP contribution in [0.4, 0.5) is 5.69 Å². The van der Waals surface area contributed by atoms with E-state index in [2.05, 4.69) is 44.5 Å². The fourth-order valence-corrected chi connectivity index (χ4v) is 3.05. The molecule has 20 heavy (non-hydrogen) atoms. The lowest BCUT2D eigenvalue weighted by atomic mass is 10.1. The number of benzene rings is 1. The molecule has 2 heterocycles. The zero-order chi connectivity index (χ0) is 13.8. The van der Waals surface area contributed by atoms with E-state index in [0.29, 0.717) is 6.54 Å². The topological polar surface area (TPSA) is 47.8 Å². The molecule has 0 saturated carbocycles. The summed E-state index contributed by atoms with van der Waals surface area (Å²) in [6, 6.07) is 8.63. The fourth-order valence-electron chi connectivity index (χ4n) is 3.05. The molecule has 2 fully saturated rings. The van der Waals surface area contributed by atoms with Crippen LogP contribution in [0.2, 0.25) is 0 Å². The quantitative estimate of drug-likeness (QED) is 0.818. The van der Waals surface area contributed by atoms with Gasteiger partial charge in [0.05, 0.1) is 0 Å². The smallest absolute Gasteiger partial charge is 0.0370 e. The van der Waals surface area contributed by atoms with Gasteiger partial charge in [-0.1, -0.05) is 12.1 Å². The summed E-state index contributed by atoms with van der Waals surface area (Å²) < 4.78 is 0. The third kappa shape index (κ3) is 3.12. The third-order valence-electron chi connectivity index (χ3n) is 4.26. The molecule has 0 amide bonds. The molecule has 5 heteroatoms. The molecule has 2 aliphatic rings. The van der Waals surface area contributed by atoms with E-state index >= 15 is 0 Å². The molecule has 5 nitrogen and oxygen atoms in total. The Balaban J connectivity index is 1.57. The largest absolute Gasteiger partial charge is 0.369 e. The van der Waals surface area contributed by atoms with Crippen LogP contribution in [0, 0.1) is 0 Å². The molecule has 1 aromatic carbocycles. The molecule has 0 aromatic heterocycles. The molecule has 0 aliphatic carbocycles. The third-order valence-corrected chi connectivity index (χ3v) is 4.26. The Morgan fingerprint density at radius 2 is 1.65 bits per heavy atom. The van der Waals surface area contributed by atoms with Crippen molar-refractivity contribution in [2.75, 3.05) is 57.3 Å². The first-order valence-electron chi connectivity index (χ1n) is 7.61. The van der Waals surface area contributed by atoms with Crippen LogP contribution in [-0.4, -0.2) is 62.4 Å². The van der Waals surface area contributed by atoms with Gasteiger partial charge in [-0.15, -0.1) is 0 Å². The lowest BCUT2D eigenvalue weighted by Crippen LogP contribution is -2.58. The summed E-state index contributed by atoms with van der Waals surface area (Å²) in [4.78, 5) is 2.47. The minimum atomic E-state index is 0.620. The lowest BCUT2D eigenvalue weighted by Gasteiger charge is -2.43. The first-order chi connectivity index (χ1) is 9.86. The minimum absolute atomic E-state index is 0.620. The maximum absolute atomic E-state index is 5.73. The van der Waals surface area contributed by atoms with Gasteiger partial charge in [0.15, 0.2) is 0 Å². The molecule has 0 atom stereocenters. The Kier molecular flexibility index (Phi) is 4.52. The van der Waals surface area contributed by atoms with Gasteiger partial charge >= 0.3 is 0 Å². The van der Waals surface area contributed by atoms with Gasteiger partial charge in [-0.05, 0) is 17.7 Å². The monoisotopic (exact) mass is 275 g/mol. The van der Waals surface area contributed by atoms with Crippen LogP contribution in [0.1, 0.15) is 5.56 Å². The van der Waals surface area contributed by atoms with Crippen molar-refractivity contribution >= 4 is 5.69 Å². The van der Waals surface area contributed by atoms with Gasteiger partial charge in [0.25, 0.3) is 0 Å². The number of nitrogens with zero attached hydrogens (tertiary/aromatic N) is 3. The predicted octanol–water partition coefficient (Wildman–Crippen LogP) is 0.0875. The average Bonchev–Trinajstić information content (AvgIpc) is 2.56. The van der Waals surface area contributed by atoms with Gasteiger partial charge in [-0.25, -0.2) is 10.0 Å². The molecule has 0 bridgehead atoms. The highest BCUT2D eigenvalue weighted by Gasteiger charge is 2.23. The van der Waals surface area contributed by atoms with Crippen LogP contribution in [0.5, 0.6) is 0 Å². The van der Waals surface area contributed by atoms with Crippen molar-refractivity contribution in [3.63, 3.8) is 0 Å². The highest BCUT2D eigenvalue weighted by atomic mass is 15.6. The van der Waals surface area contributed by atoms with Crippen molar-refractivity contribution in [2.24, 2.45) is 5.73 Å². The van der Waals surface area contributed by atoms with E-state index < -0.39 is 0 Å². The van der Waals surface area contributed by atoms with Gasteiger partial charge in [0.1, 0.15) is 0 Å². The van der Waals surface area contributed by atoms with Gasteiger partial charge in [-0.2, -0.15) is 0 Å². The Morgan fingerprint density at radius 1 is 0.950 bits per heavy atom. The predicted molar refractivity (Wildman–Crippen MR) is 82.6 cm³/mol. The highest BCUT2D eigenvalue weighted by molar-refractivity contribution is 5.49. The van der Waals surface area contributed by atoms with Crippen LogP contribution in [0.15, 0.2) is 24.3 Å². The second-order valence-electron chi connectivity index (χ2n) is 5.52. The van der Waals surface area contributed by atoms with Crippen LogP contribution >= 0.6 is 0 Å². The summed E-state index contributed by atoms with van der Waals surface area (Å²) in [7, 11) is 0. The van der Waals surface area contributed by atoms with Crippen LogP contribution < -0.4 is 16.0 Å². The zero-order valence-corrected chi connectivity index (χ0v) is 12.1. The number of piperazine rings is 2. The van der Waals surface area contributed by atoms with Crippen molar-refractivity contribution in [2.45, 2.75) is 6.54 Å². The van der Waals surface area contributed by atoms with E-state index in [0.717, 1.165) is 52.4 Å². The fraction of sp³-hybridized carbons (Fsp3) is 0.600. The van der Waals surface area contributed by atoms with Gasteiger partial charge in [-0.3, -0.25) is 0 Å². The Bertz CT molecular complexity index is 422. The van der Waals surface area contributed by atoms with Crippen molar-refractivity contribution in [3.8, 4) is 0 Å². The molecule has 3 N–H and O–H groups in total. The van der Waals surface area contributed by atoms with E-state index in [4.69, 9.17) is 5.73 Å². The normalized spacial score (nSPS) is 22.1. The van der Waals surface area contributed by atoms with Gasteiger partial charge in [0, 0.05) is 64.6 Å². The first kappa shape index (κ1) is 13.8. The highest BCUT2D eigenvalue weighted by Crippen LogP contribution is 2.18. The Morgan fingerprint density at radius 3 is 2.35 bits per heavy atom. The summed E-state index contributed by atoms with van der Waals surface area (Å²) in [5.41, 5.74) is 8.26. The number of hydrogen-bond donors (Lipinski definition) is 2. The second kappa shape index (κ2) is 6.54. The molecule has 1 aromatic rings. The first-order valence-corrected chi connectivity index (χ1v) is 7.61. The molecule has 2 aliphatic heterocycles. The maximum atomic E-state index is 5.73. The van der Waals surface area contributed by atoms with Crippen molar-refractivity contribution in [3.05, 3.63) is 29.8 Å². The lowest BCUT2D eigenvalue weighted by molar-refractivity contribution is -0.0375. The summed E-state index contributed by atoms with van der Waals surface area (Å²) in [5.74, 6) is 0. The number of nitrogens with two attached hydrogens (primary N) is 1. The van der Waals surface area contributed by atoms with E-state index in [1.807, 2.05) is 0 Å². The molecule has 0 unspecified atom stereocenters. The molecule has 110 valence electrons. The van der Waals surface area contributed by atoms with Crippen LogP contribution in [0.3, 0.4) is 0 Å². The van der Waals surface area contributed by atoms with Gasteiger partial charge < -0.3 is 16.0 Å². The van der Waals surface area contributed by atoms with Crippen LogP contribution in [-0.2, 0) is 6.54 Å². The number of anilines is 1. The average molecular weight is 275 g/mol. The molecule has 0 radical (unpaired) electrons. The van der Waals surface area contributed by atoms with Gasteiger partial charge in [0.2, 0.25) is 0 Å². The van der Waals surface area contributed by atoms with E-state index in [1.54, 1.807) is 0 Å². The number of nitrogens with one attached hydrogen (secondary N) is 1. The Labute approximate surface area is 121 Å². The Hall–Kier alpha value is -1.14. The second-order valence-corrected chi connectivity index (χ2v) is 5.52. The maximum Gasteiger partial charge on any atom is 0.0370 e. The van der Waals surface area contributed by atoms with Crippen molar-refractivity contribution in [1.29, 1.82) is 0 Å². The summed E-state index contributed by atoms with van der Waals surface area (Å²) in [6.07, 6.45) is 0. The van der Waals surface area contributed by atoms with E-state index in [-0.39, 0.29) is 0 Å². The zero-order valence-electron chi connectivity index (χ0n) is 12.1. The van der Waals surface area contributed by atoms with E-state index in [1.165, 1.54) is 11.3 Å². The minimum Gasteiger partial charge on any atom is -0.369 e. The molecular formula is C15H25N5. The molecule has 3 rings (SSSR count). The summed E-state index contributed by atoms with van der Waals surface area (Å²) in [6.45, 7) is 9.55. The van der Waals surface area contributed by atoms with Crippen molar-refractivity contribution in [1.82, 2.24) is 15.3 Å². The summed E-state index contributed by atoms with van der Waals surface area (Å²) >= 11 is 0. The molecule has 0 spiro atoms. The summed E-state index contributed by atoms with van der Waals surface area (Å²) in [5, 5.41) is 8.43. The van der Waals surface area contributed by atoms with E-state index in [9.17, 15) is 0 Å². The van der Waals surface area contributed by atoms with Crippen molar-refractivity contribution < 1.29 is 0 Å². The number of hydrazine groups is 1. The molecular weight excluding hydrogens is 250 g/mol. The number of hydrogen-bond acceptors (Lipinski definition) is 5. The van der Waals surface area contributed by atoms with Crippen LogP contribution in [0.25, 0.3) is 0 Å².